The normalized spacial score (nSPS) is 19.8. The molecule has 0 bridgehead atoms. The second-order valence-corrected chi connectivity index (χ2v) is 11.6. The zero-order chi connectivity index (χ0) is 22.6. The van der Waals surface area contributed by atoms with Crippen molar-refractivity contribution >= 4 is 44.5 Å². The molecule has 9 heteroatoms. The van der Waals surface area contributed by atoms with Gasteiger partial charge in [-0.1, -0.05) is 25.3 Å². The van der Waals surface area contributed by atoms with E-state index in [4.69, 9.17) is 0 Å². The molecule has 32 heavy (non-hydrogen) atoms. The van der Waals surface area contributed by atoms with Crippen molar-refractivity contribution in [2.75, 3.05) is 28.5 Å². The van der Waals surface area contributed by atoms with Gasteiger partial charge < -0.3 is 10.6 Å². The standard InChI is InChI=1S/C23H29N3O4S2/c27-21(24-17-23(12-2-1-3-13-23)20-7-6-15-31-20)22(28)25-18-8-10-19(11-9-18)26-14-4-5-16-32(26,29)30/h6-11,15H,1-5,12-14,16-17H2,(H,24,27)(H,25,28). The number of sulfonamides is 1. The molecule has 1 aliphatic carbocycles. The van der Waals surface area contributed by atoms with Crippen molar-refractivity contribution in [1.29, 1.82) is 0 Å². The summed E-state index contributed by atoms with van der Waals surface area (Å²) in [5.74, 6) is -1.23. The summed E-state index contributed by atoms with van der Waals surface area (Å²) in [5, 5.41) is 7.51. The zero-order valence-corrected chi connectivity index (χ0v) is 19.6. The number of hydrogen-bond acceptors (Lipinski definition) is 5. The number of carbonyl (C=O) groups excluding carboxylic acids is 2. The SMILES string of the molecule is O=C(NCC1(c2cccs2)CCCCC1)C(=O)Nc1ccc(N2CCCCS2(=O)=O)cc1. The summed E-state index contributed by atoms with van der Waals surface area (Å²) in [5.41, 5.74) is 0.931. The van der Waals surface area contributed by atoms with Crippen molar-refractivity contribution in [1.82, 2.24) is 5.32 Å². The molecule has 1 saturated heterocycles. The third kappa shape index (κ3) is 4.99. The smallest absolute Gasteiger partial charge is 0.313 e. The summed E-state index contributed by atoms with van der Waals surface area (Å²) >= 11 is 1.71. The molecule has 1 aliphatic heterocycles. The lowest BCUT2D eigenvalue weighted by Gasteiger charge is -2.36. The van der Waals surface area contributed by atoms with E-state index in [1.807, 2.05) is 6.07 Å². The Balaban J connectivity index is 1.36. The molecular weight excluding hydrogens is 446 g/mol. The van der Waals surface area contributed by atoms with Crippen LogP contribution in [0.1, 0.15) is 49.8 Å². The fourth-order valence-electron chi connectivity index (χ4n) is 4.63. The summed E-state index contributed by atoms with van der Waals surface area (Å²) in [4.78, 5) is 26.2. The minimum Gasteiger partial charge on any atom is -0.347 e. The molecule has 2 aromatic rings. The topological polar surface area (TPSA) is 95.6 Å². The molecule has 172 valence electrons. The van der Waals surface area contributed by atoms with Crippen LogP contribution in [0.15, 0.2) is 41.8 Å². The zero-order valence-electron chi connectivity index (χ0n) is 18.0. The van der Waals surface area contributed by atoms with Gasteiger partial charge in [-0.15, -0.1) is 11.3 Å². The number of hydrogen-bond donors (Lipinski definition) is 2. The maximum absolute atomic E-state index is 12.5. The van der Waals surface area contributed by atoms with Crippen LogP contribution in [0.5, 0.6) is 0 Å². The molecule has 0 radical (unpaired) electrons. The summed E-state index contributed by atoms with van der Waals surface area (Å²) in [6.07, 6.45) is 6.97. The lowest BCUT2D eigenvalue weighted by molar-refractivity contribution is -0.136. The van der Waals surface area contributed by atoms with Crippen LogP contribution in [-0.2, 0) is 25.0 Å². The van der Waals surface area contributed by atoms with Crippen molar-refractivity contribution < 1.29 is 18.0 Å². The third-order valence-electron chi connectivity index (χ3n) is 6.41. The highest BCUT2D eigenvalue weighted by molar-refractivity contribution is 7.92. The number of amides is 2. The van der Waals surface area contributed by atoms with Gasteiger partial charge in [0, 0.05) is 29.1 Å². The van der Waals surface area contributed by atoms with Gasteiger partial charge in [-0.3, -0.25) is 13.9 Å². The fraction of sp³-hybridized carbons (Fsp3) is 0.478. The van der Waals surface area contributed by atoms with Crippen LogP contribution in [0.2, 0.25) is 0 Å². The molecule has 0 atom stereocenters. The first kappa shape index (κ1) is 22.8. The van der Waals surface area contributed by atoms with Crippen LogP contribution in [0.3, 0.4) is 0 Å². The summed E-state index contributed by atoms with van der Waals surface area (Å²) < 4.78 is 25.9. The molecule has 4 rings (SSSR count). The molecule has 2 N–H and O–H groups in total. The quantitative estimate of drug-likeness (QED) is 0.646. The highest BCUT2D eigenvalue weighted by atomic mass is 32.2. The Morgan fingerprint density at radius 1 is 0.969 bits per heavy atom. The van der Waals surface area contributed by atoms with Crippen molar-refractivity contribution in [3.63, 3.8) is 0 Å². The van der Waals surface area contributed by atoms with E-state index in [-0.39, 0.29) is 11.2 Å². The van der Waals surface area contributed by atoms with E-state index in [9.17, 15) is 18.0 Å². The van der Waals surface area contributed by atoms with E-state index in [0.29, 0.717) is 30.9 Å². The third-order valence-corrected chi connectivity index (χ3v) is 9.40. The van der Waals surface area contributed by atoms with Crippen LogP contribution in [0.25, 0.3) is 0 Å². The van der Waals surface area contributed by atoms with Crippen molar-refractivity contribution in [3.05, 3.63) is 46.7 Å². The number of thiophene rings is 1. The van der Waals surface area contributed by atoms with E-state index in [2.05, 4.69) is 22.1 Å². The molecule has 2 heterocycles. The van der Waals surface area contributed by atoms with Gasteiger partial charge in [0.05, 0.1) is 11.4 Å². The summed E-state index contributed by atoms with van der Waals surface area (Å²) in [6.45, 7) is 0.911. The molecule has 2 amide bonds. The molecule has 0 spiro atoms. The maximum atomic E-state index is 12.5. The average Bonchev–Trinajstić information content (AvgIpc) is 3.34. The van der Waals surface area contributed by atoms with E-state index in [1.54, 1.807) is 35.6 Å². The molecule has 2 aliphatic rings. The first-order chi connectivity index (χ1) is 15.4. The van der Waals surface area contributed by atoms with Gasteiger partial charge >= 0.3 is 11.8 Å². The van der Waals surface area contributed by atoms with Gasteiger partial charge in [0.2, 0.25) is 10.0 Å². The van der Waals surface area contributed by atoms with E-state index in [1.165, 1.54) is 15.6 Å². The van der Waals surface area contributed by atoms with Crippen LogP contribution < -0.4 is 14.9 Å². The fourth-order valence-corrected chi connectivity index (χ4v) is 7.25. The molecule has 1 saturated carbocycles. The number of benzene rings is 1. The highest BCUT2D eigenvalue weighted by Gasteiger charge is 2.35. The molecule has 0 unspecified atom stereocenters. The lowest BCUT2D eigenvalue weighted by Crippen LogP contribution is -2.45. The lowest BCUT2D eigenvalue weighted by atomic mass is 9.73. The molecule has 1 aromatic carbocycles. The number of nitrogens with one attached hydrogen (secondary N) is 2. The van der Waals surface area contributed by atoms with Gasteiger partial charge in [0.25, 0.3) is 0 Å². The van der Waals surface area contributed by atoms with Crippen LogP contribution in [0, 0.1) is 0 Å². The van der Waals surface area contributed by atoms with Crippen molar-refractivity contribution in [2.45, 2.75) is 50.4 Å². The molecule has 2 fully saturated rings. The number of anilines is 2. The monoisotopic (exact) mass is 475 g/mol. The highest BCUT2D eigenvalue weighted by Crippen LogP contribution is 2.41. The Kier molecular flexibility index (Phi) is 6.85. The number of rotatable bonds is 5. The second-order valence-electron chi connectivity index (χ2n) is 8.60. The molecular formula is C23H29N3O4S2. The van der Waals surface area contributed by atoms with Gasteiger partial charge in [0.1, 0.15) is 0 Å². The van der Waals surface area contributed by atoms with Gasteiger partial charge in [-0.05, 0) is 61.4 Å². The van der Waals surface area contributed by atoms with Crippen molar-refractivity contribution in [2.24, 2.45) is 0 Å². The van der Waals surface area contributed by atoms with Crippen LogP contribution in [-0.4, -0.2) is 39.1 Å². The molecule has 7 nitrogen and oxygen atoms in total. The summed E-state index contributed by atoms with van der Waals surface area (Å²) in [7, 11) is -3.29. The first-order valence-electron chi connectivity index (χ1n) is 11.1. The van der Waals surface area contributed by atoms with Gasteiger partial charge in [-0.2, -0.15) is 0 Å². The minimum absolute atomic E-state index is 0.0933. The first-order valence-corrected chi connectivity index (χ1v) is 13.6. The van der Waals surface area contributed by atoms with Gasteiger partial charge in [-0.25, -0.2) is 8.42 Å². The minimum atomic E-state index is -3.29. The Morgan fingerprint density at radius 3 is 2.38 bits per heavy atom. The van der Waals surface area contributed by atoms with E-state index in [0.717, 1.165) is 32.1 Å². The second kappa shape index (κ2) is 9.62. The Morgan fingerprint density at radius 2 is 1.72 bits per heavy atom. The number of nitrogens with zero attached hydrogens (tertiary/aromatic N) is 1. The average molecular weight is 476 g/mol. The van der Waals surface area contributed by atoms with Crippen molar-refractivity contribution in [3.8, 4) is 0 Å². The Hall–Kier alpha value is -2.39. The van der Waals surface area contributed by atoms with Crippen LogP contribution in [0.4, 0.5) is 11.4 Å². The largest absolute Gasteiger partial charge is 0.347 e. The van der Waals surface area contributed by atoms with E-state index >= 15 is 0 Å². The summed E-state index contributed by atoms with van der Waals surface area (Å²) in [6, 6.07) is 10.7. The van der Waals surface area contributed by atoms with E-state index < -0.39 is 21.8 Å². The number of carbonyl (C=O) groups is 2. The Bertz CT molecular complexity index is 1040. The maximum Gasteiger partial charge on any atom is 0.313 e. The van der Waals surface area contributed by atoms with Gasteiger partial charge in [0.15, 0.2) is 0 Å². The predicted octanol–water partition coefficient (Wildman–Crippen LogP) is 3.63. The Labute approximate surface area is 193 Å². The predicted molar refractivity (Wildman–Crippen MR) is 128 cm³/mol. The molecule has 1 aromatic heterocycles. The van der Waals surface area contributed by atoms with Crippen LogP contribution >= 0.6 is 11.3 Å².